The van der Waals surface area contributed by atoms with Gasteiger partial charge in [-0.25, -0.2) is 4.68 Å². The molecule has 2 aromatic heterocycles. The Morgan fingerprint density at radius 2 is 1.83 bits per heavy atom. The number of nitriles is 1. The predicted octanol–water partition coefficient (Wildman–Crippen LogP) is 2.29. The van der Waals surface area contributed by atoms with E-state index in [1.165, 1.54) is 5.30 Å². The first-order valence-electron chi connectivity index (χ1n) is 13.7. The van der Waals surface area contributed by atoms with Gasteiger partial charge < -0.3 is 15.1 Å². The van der Waals surface area contributed by atoms with Crippen molar-refractivity contribution in [2.75, 3.05) is 24.7 Å². The van der Waals surface area contributed by atoms with Crippen LogP contribution in [0.4, 0.5) is 5.69 Å². The van der Waals surface area contributed by atoms with Gasteiger partial charge in [0.1, 0.15) is 13.4 Å². The second-order valence-corrected chi connectivity index (χ2v) is 11.4. The Hall–Kier alpha value is -4.48. The molecule has 2 aliphatic heterocycles. The molecule has 208 valence electrons. The summed E-state index contributed by atoms with van der Waals surface area (Å²) in [6, 6.07) is 16.8. The van der Waals surface area contributed by atoms with Crippen LogP contribution >= 0.6 is 9.24 Å². The number of anilines is 1. The summed E-state index contributed by atoms with van der Waals surface area (Å²) < 4.78 is 1.65. The fraction of sp³-hybridized carbons (Fsp3) is 0.258. The van der Waals surface area contributed by atoms with Crippen LogP contribution < -0.4 is 21.0 Å². The highest BCUT2D eigenvalue weighted by Crippen LogP contribution is 2.37. The molecule has 1 N–H and O–H groups in total. The first-order valence-corrected chi connectivity index (χ1v) is 14.3. The van der Waals surface area contributed by atoms with Crippen molar-refractivity contribution in [2.24, 2.45) is 0 Å². The molecular weight excluding hydrogens is 544 g/mol. The molecule has 2 aromatic carbocycles. The van der Waals surface area contributed by atoms with E-state index in [0.29, 0.717) is 55.0 Å². The van der Waals surface area contributed by atoms with E-state index in [2.05, 4.69) is 56.5 Å². The molecule has 4 heterocycles. The molecule has 11 heteroatoms. The average molecular weight is 573 g/mol. The van der Waals surface area contributed by atoms with Crippen molar-refractivity contribution in [1.82, 2.24) is 25.0 Å². The highest BCUT2D eigenvalue weighted by molar-refractivity contribution is 7.27. The third kappa shape index (κ3) is 4.64. The van der Waals surface area contributed by atoms with Gasteiger partial charge in [0.2, 0.25) is 5.91 Å². The number of hydrogen-bond acceptors (Lipinski definition) is 6. The molecule has 4 aromatic rings. The highest BCUT2D eigenvalue weighted by Gasteiger charge is 2.51. The zero-order chi connectivity index (χ0) is 29.6. The maximum Gasteiger partial charge on any atom is 0.274 e. The molecule has 0 aliphatic carbocycles. The summed E-state index contributed by atoms with van der Waals surface area (Å²) >= 11 is 0. The number of rotatable bonds is 4. The Balaban J connectivity index is 1.29. The maximum atomic E-state index is 13.8. The van der Waals surface area contributed by atoms with Crippen LogP contribution in [0.15, 0.2) is 60.9 Å². The van der Waals surface area contributed by atoms with E-state index in [1.807, 2.05) is 12.1 Å². The summed E-state index contributed by atoms with van der Waals surface area (Å²) in [5, 5.41) is 18.2. The van der Waals surface area contributed by atoms with E-state index in [1.54, 1.807) is 46.2 Å². The van der Waals surface area contributed by atoms with Crippen LogP contribution in [0, 0.1) is 25.2 Å². The van der Waals surface area contributed by atoms with E-state index in [-0.39, 0.29) is 17.5 Å². The van der Waals surface area contributed by atoms with Crippen LogP contribution in [-0.2, 0) is 4.79 Å². The number of carbonyl (C=O) groups excluding carboxylic acids is 2. The van der Waals surface area contributed by atoms with Gasteiger partial charge in [0.15, 0.2) is 5.69 Å². The number of nitrogens with zero attached hydrogens (tertiary/aromatic N) is 6. The second-order valence-electron chi connectivity index (χ2n) is 10.9. The van der Waals surface area contributed by atoms with Crippen LogP contribution in [0.3, 0.4) is 0 Å². The molecule has 1 atom stereocenters. The fourth-order valence-electron chi connectivity index (χ4n) is 5.96. The van der Waals surface area contributed by atoms with Crippen molar-refractivity contribution in [2.45, 2.75) is 32.2 Å². The van der Waals surface area contributed by atoms with Gasteiger partial charge in [-0.15, -0.1) is 9.24 Å². The first kappa shape index (κ1) is 27.7. The molecule has 6 rings (SSSR count). The topological polar surface area (TPSA) is 107 Å². The fourth-order valence-corrected chi connectivity index (χ4v) is 6.13. The quantitative estimate of drug-likeness (QED) is 0.297. The van der Waals surface area contributed by atoms with E-state index in [4.69, 9.17) is 12.9 Å². The van der Waals surface area contributed by atoms with Crippen LogP contribution in [0.5, 0.6) is 0 Å². The largest absolute Gasteiger partial charge is 0.339 e. The van der Waals surface area contributed by atoms with Gasteiger partial charge in [-0.3, -0.25) is 14.6 Å². The Bertz CT molecular complexity index is 1730. The lowest BCUT2D eigenvalue weighted by Crippen LogP contribution is -2.57. The van der Waals surface area contributed by atoms with Crippen LogP contribution in [0.2, 0.25) is 0 Å². The van der Waals surface area contributed by atoms with Gasteiger partial charge in [-0.05, 0) is 91.7 Å². The lowest BCUT2D eigenvalue weighted by Gasteiger charge is -2.43. The van der Waals surface area contributed by atoms with Gasteiger partial charge in [0.25, 0.3) is 5.91 Å². The van der Waals surface area contributed by atoms with Gasteiger partial charge >= 0.3 is 0 Å². The molecule has 42 heavy (non-hydrogen) atoms. The number of carbonyl (C=O) groups is 2. The van der Waals surface area contributed by atoms with Gasteiger partial charge in [-0.1, -0.05) is 5.46 Å². The standard InChI is InChI=1S/C31H29BN7O2P/c1-19-12-24(13-20(2)28(19)42)38-18-35-30(41)31(38)7-10-37(11-8-31)29(40)26-15-27(22-4-3-9-34-17-22)39(36-26)23-6-5-21(16-33)25(32)14-23/h3-6,9,12-15,17H,7-8,10-11,18,42H2,1-2H3,(H,35,41). The summed E-state index contributed by atoms with van der Waals surface area (Å²) in [5.74, 6) is -0.208. The van der Waals surface area contributed by atoms with E-state index < -0.39 is 5.54 Å². The van der Waals surface area contributed by atoms with Crippen LogP contribution in [0.25, 0.3) is 16.9 Å². The van der Waals surface area contributed by atoms with E-state index in [9.17, 15) is 14.9 Å². The van der Waals surface area contributed by atoms with Gasteiger partial charge in [-0.2, -0.15) is 10.4 Å². The molecule has 9 nitrogen and oxygen atoms in total. The van der Waals surface area contributed by atoms with Crippen molar-refractivity contribution < 1.29 is 9.59 Å². The molecule has 1 spiro atoms. The molecule has 2 saturated heterocycles. The first-order chi connectivity index (χ1) is 20.2. The van der Waals surface area contributed by atoms with Crippen molar-refractivity contribution in [3.8, 4) is 23.0 Å². The minimum Gasteiger partial charge on any atom is -0.339 e. The number of hydrogen-bond donors (Lipinski definition) is 1. The van der Waals surface area contributed by atoms with E-state index >= 15 is 0 Å². The molecule has 1 unspecified atom stereocenters. The molecule has 2 radical (unpaired) electrons. The Labute approximate surface area is 248 Å². The highest BCUT2D eigenvalue weighted by atomic mass is 31.0. The van der Waals surface area contributed by atoms with Crippen molar-refractivity contribution in [1.29, 1.82) is 5.26 Å². The summed E-state index contributed by atoms with van der Waals surface area (Å²) in [5.41, 5.74) is 5.67. The maximum absolute atomic E-state index is 13.8. The predicted molar refractivity (Wildman–Crippen MR) is 166 cm³/mol. The number of likely N-dealkylation sites (tertiary alicyclic amines) is 1. The number of aryl methyl sites for hydroxylation is 2. The number of piperidine rings is 1. The SMILES string of the molecule is [B]c1cc(-n2nc(C(=O)N3CCC4(CC3)C(=O)NCN4c3cc(C)c(P)c(C)c3)cc2-c2cccnc2)ccc1C#N. The van der Waals surface area contributed by atoms with Crippen LogP contribution in [0.1, 0.15) is 40.0 Å². The molecule has 0 saturated carbocycles. The van der Waals surface area contributed by atoms with Crippen molar-refractivity contribution in [3.63, 3.8) is 0 Å². The number of amides is 2. The summed E-state index contributed by atoms with van der Waals surface area (Å²) in [7, 11) is 8.89. The molecule has 2 amide bonds. The van der Waals surface area contributed by atoms with Crippen molar-refractivity contribution >= 4 is 45.4 Å². The number of benzene rings is 2. The third-order valence-electron chi connectivity index (χ3n) is 8.39. The Kier molecular flexibility index (Phi) is 7.08. The smallest absolute Gasteiger partial charge is 0.274 e. The van der Waals surface area contributed by atoms with Gasteiger partial charge in [0.05, 0.1) is 24.1 Å². The summed E-state index contributed by atoms with van der Waals surface area (Å²) in [4.78, 5) is 35.2. The number of nitrogens with one attached hydrogen (secondary N) is 1. The summed E-state index contributed by atoms with van der Waals surface area (Å²) in [6.07, 6.45) is 4.40. The van der Waals surface area contributed by atoms with Gasteiger partial charge in [0, 0.05) is 42.3 Å². The summed E-state index contributed by atoms with van der Waals surface area (Å²) in [6.45, 7) is 5.42. The average Bonchev–Trinajstić information content (AvgIpc) is 3.58. The number of aromatic nitrogens is 3. The normalized spacial score (nSPS) is 16.0. The molecule has 2 aliphatic rings. The lowest BCUT2D eigenvalue weighted by atomic mass is 9.85. The zero-order valence-electron chi connectivity index (χ0n) is 23.5. The Morgan fingerprint density at radius 1 is 1.10 bits per heavy atom. The minimum atomic E-state index is -0.710. The van der Waals surface area contributed by atoms with Crippen LogP contribution in [-0.4, -0.2) is 64.6 Å². The zero-order valence-corrected chi connectivity index (χ0v) is 24.6. The van der Waals surface area contributed by atoms with E-state index in [0.717, 1.165) is 22.4 Å². The molecular formula is C31H29BN7O2P. The monoisotopic (exact) mass is 573 g/mol. The second kappa shape index (κ2) is 10.7. The molecule has 2 fully saturated rings. The third-order valence-corrected chi connectivity index (χ3v) is 9.30. The molecule has 0 bridgehead atoms. The Morgan fingerprint density at radius 3 is 2.48 bits per heavy atom. The number of pyridine rings is 1. The van der Waals surface area contributed by atoms with Crippen molar-refractivity contribution in [3.05, 3.63) is 83.3 Å². The lowest BCUT2D eigenvalue weighted by molar-refractivity contribution is -0.124. The minimum absolute atomic E-state index is 0.00130.